The lowest BCUT2D eigenvalue weighted by molar-refractivity contribution is 0.921. The van der Waals surface area contributed by atoms with Gasteiger partial charge in [0.1, 0.15) is 0 Å². The van der Waals surface area contributed by atoms with Gasteiger partial charge in [0.05, 0.1) is 0 Å². The summed E-state index contributed by atoms with van der Waals surface area (Å²) in [5.41, 5.74) is 4.42. The maximum absolute atomic E-state index is 5.41. The second-order valence-electron chi connectivity index (χ2n) is 5.07. The highest BCUT2D eigenvalue weighted by Crippen LogP contribution is 2.27. The van der Waals surface area contributed by atoms with E-state index in [1.165, 1.54) is 0 Å². The molecule has 3 nitrogen and oxygen atoms in total. The van der Waals surface area contributed by atoms with Gasteiger partial charge >= 0.3 is 0 Å². The molecule has 0 fully saturated rings. The van der Waals surface area contributed by atoms with E-state index in [0.29, 0.717) is 11.7 Å². The number of rotatable bonds is 4. The summed E-state index contributed by atoms with van der Waals surface area (Å²) < 4.78 is 0. The zero-order valence-corrected chi connectivity index (χ0v) is 13.4. The molecule has 3 aromatic rings. The summed E-state index contributed by atoms with van der Waals surface area (Å²) in [6.07, 6.45) is 3.55. The van der Waals surface area contributed by atoms with Crippen LogP contribution >= 0.6 is 12.2 Å². The van der Waals surface area contributed by atoms with Crippen LogP contribution in [0, 0.1) is 0 Å². The molecule has 3 rings (SSSR count). The van der Waals surface area contributed by atoms with Gasteiger partial charge < -0.3 is 10.6 Å². The van der Waals surface area contributed by atoms with Crippen molar-refractivity contribution in [3.63, 3.8) is 0 Å². The van der Waals surface area contributed by atoms with Crippen molar-refractivity contribution in [2.75, 3.05) is 5.32 Å². The quantitative estimate of drug-likeness (QED) is 0.706. The standard InChI is InChI=1S/C19H17N3S/c23-19(21-14-15-10-12-20-13-11-15)22-18-9-5-4-8-17(18)16-6-2-1-3-7-16/h1-13H,14H2,(H2,21,22,23). The third-order valence-electron chi connectivity index (χ3n) is 3.46. The predicted octanol–water partition coefficient (Wildman–Crippen LogP) is 4.24. The van der Waals surface area contributed by atoms with Gasteiger partial charge in [-0.1, -0.05) is 48.5 Å². The van der Waals surface area contributed by atoms with E-state index >= 15 is 0 Å². The third-order valence-corrected chi connectivity index (χ3v) is 3.71. The van der Waals surface area contributed by atoms with Crippen LogP contribution in [-0.4, -0.2) is 10.1 Å². The van der Waals surface area contributed by atoms with Gasteiger partial charge in [-0.15, -0.1) is 0 Å². The summed E-state index contributed by atoms with van der Waals surface area (Å²) in [5, 5.41) is 7.10. The highest BCUT2D eigenvalue weighted by molar-refractivity contribution is 7.80. The molecule has 1 aromatic heterocycles. The van der Waals surface area contributed by atoms with E-state index in [-0.39, 0.29) is 0 Å². The van der Waals surface area contributed by atoms with Gasteiger partial charge in [0.2, 0.25) is 0 Å². The summed E-state index contributed by atoms with van der Waals surface area (Å²) in [4.78, 5) is 4.01. The van der Waals surface area contributed by atoms with E-state index in [1.54, 1.807) is 12.4 Å². The number of para-hydroxylation sites is 1. The lowest BCUT2D eigenvalue weighted by Crippen LogP contribution is -2.28. The first kappa shape index (κ1) is 15.2. The van der Waals surface area contributed by atoms with Crippen molar-refractivity contribution in [2.24, 2.45) is 0 Å². The number of benzene rings is 2. The summed E-state index contributed by atoms with van der Waals surface area (Å²) >= 11 is 5.41. The number of aromatic nitrogens is 1. The zero-order valence-electron chi connectivity index (χ0n) is 12.6. The van der Waals surface area contributed by atoms with Crippen molar-refractivity contribution in [2.45, 2.75) is 6.54 Å². The van der Waals surface area contributed by atoms with Crippen molar-refractivity contribution < 1.29 is 0 Å². The first-order valence-electron chi connectivity index (χ1n) is 7.41. The molecule has 0 radical (unpaired) electrons. The minimum atomic E-state index is 0.602. The predicted molar refractivity (Wildman–Crippen MR) is 99.2 cm³/mol. The first-order valence-corrected chi connectivity index (χ1v) is 7.82. The van der Waals surface area contributed by atoms with Gasteiger partial charge in [0, 0.05) is 30.2 Å². The van der Waals surface area contributed by atoms with Crippen molar-refractivity contribution in [3.8, 4) is 11.1 Å². The van der Waals surface area contributed by atoms with Crippen LogP contribution in [0.2, 0.25) is 0 Å². The van der Waals surface area contributed by atoms with Crippen LogP contribution in [0.3, 0.4) is 0 Å². The molecule has 0 bridgehead atoms. The molecule has 23 heavy (non-hydrogen) atoms. The molecule has 0 saturated heterocycles. The molecule has 0 amide bonds. The van der Waals surface area contributed by atoms with Crippen LogP contribution in [0.4, 0.5) is 5.69 Å². The number of anilines is 1. The molecule has 0 aliphatic heterocycles. The van der Waals surface area contributed by atoms with Crippen LogP contribution in [-0.2, 0) is 6.54 Å². The molecule has 1 heterocycles. The maximum Gasteiger partial charge on any atom is 0.171 e. The second kappa shape index (κ2) is 7.51. The lowest BCUT2D eigenvalue weighted by Gasteiger charge is -2.14. The SMILES string of the molecule is S=C(NCc1ccncc1)Nc1ccccc1-c1ccccc1. The minimum absolute atomic E-state index is 0.602. The van der Waals surface area contributed by atoms with Crippen molar-refractivity contribution in [3.05, 3.63) is 84.7 Å². The normalized spacial score (nSPS) is 10.1. The van der Waals surface area contributed by atoms with Gasteiger partial charge in [-0.3, -0.25) is 4.98 Å². The average molecular weight is 319 g/mol. The summed E-state index contributed by atoms with van der Waals surface area (Å²) in [6, 6.07) is 22.3. The van der Waals surface area contributed by atoms with Crippen molar-refractivity contribution in [1.29, 1.82) is 0 Å². The molecule has 0 aliphatic rings. The monoisotopic (exact) mass is 319 g/mol. The van der Waals surface area contributed by atoms with Crippen LogP contribution in [0.5, 0.6) is 0 Å². The van der Waals surface area contributed by atoms with E-state index < -0.39 is 0 Å². The molecule has 0 unspecified atom stereocenters. The van der Waals surface area contributed by atoms with Crippen LogP contribution in [0.15, 0.2) is 79.1 Å². The number of nitrogens with one attached hydrogen (secondary N) is 2. The van der Waals surface area contributed by atoms with Crippen LogP contribution in [0.1, 0.15) is 5.56 Å². The Morgan fingerprint density at radius 1 is 0.870 bits per heavy atom. The third kappa shape index (κ3) is 4.14. The molecule has 0 aliphatic carbocycles. The fourth-order valence-electron chi connectivity index (χ4n) is 2.31. The Hall–Kier alpha value is -2.72. The Morgan fingerprint density at radius 3 is 2.35 bits per heavy atom. The molecular formula is C19H17N3S. The average Bonchev–Trinajstić information content (AvgIpc) is 2.62. The van der Waals surface area contributed by atoms with E-state index in [1.807, 2.05) is 48.5 Å². The van der Waals surface area contributed by atoms with Gasteiger partial charge in [0.15, 0.2) is 5.11 Å². The van der Waals surface area contributed by atoms with Gasteiger partial charge in [0.25, 0.3) is 0 Å². The largest absolute Gasteiger partial charge is 0.358 e. The van der Waals surface area contributed by atoms with Gasteiger partial charge in [-0.05, 0) is 41.5 Å². The minimum Gasteiger partial charge on any atom is -0.358 e. The van der Waals surface area contributed by atoms with Crippen molar-refractivity contribution in [1.82, 2.24) is 10.3 Å². The Balaban J connectivity index is 1.69. The highest BCUT2D eigenvalue weighted by Gasteiger charge is 2.05. The molecule has 0 atom stereocenters. The maximum atomic E-state index is 5.41. The van der Waals surface area contributed by atoms with Crippen LogP contribution in [0.25, 0.3) is 11.1 Å². The molecule has 0 spiro atoms. The Kier molecular flexibility index (Phi) is 4.96. The fraction of sp³-hybridized carbons (Fsp3) is 0.0526. The summed E-state index contributed by atoms with van der Waals surface area (Å²) in [7, 11) is 0. The van der Waals surface area contributed by atoms with Gasteiger partial charge in [-0.25, -0.2) is 0 Å². The van der Waals surface area contributed by atoms with E-state index in [2.05, 4.69) is 33.8 Å². The number of pyridine rings is 1. The van der Waals surface area contributed by atoms with Gasteiger partial charge in [-0.2, -0.15) is 0 Å². The Morgan fingerprint density at radius 2 is 1.57 bits per heavy atom. The first-order chi connectivity index (χ1) is 11.3. The molecule has 4 heteroatoms. The number of thiocarbonyl (C=S) groups is 1. The fourth-order valence-corrected chi connectivity index (χ4v) is 2.49. The molecule has 0 saturated carbocycles. The van der Waals surface area contributed by atoms with Crippen LogP contribution < -0.4 is 10.6 Å². The van der Waals surface area contributed by atoms with Crippen molar-refractivity contribution >= 4 is 23.0 Å². The van der Waals surface area contributed by atoms with E-state index in [4.69, 9.17) is 12.2 Å². The highest BCUT2D eigenvalue weighted by atomic mass is 32.1. The smallest absolute Gasteiger partial charge is 0.171 e. The number of hydrogen-bond donors (Lipinski definition) is 2. The summed E-state index contributed by atoms with van der Waals surface area (Å²) in [5.74, 6) is 0. The summed E-state index contributed by atoms with van der Waals surface area (Å²) in [6.45, 7) is 0.669. The Bertz CT molecular complexity index is 773. The Labute approximate surface area is 141 Å². The zero-order chi connectivity index (χ0) is 15.9. The van der Waals surface area contributed by atoms with E-state index in [9.17, 15) is 0 Å². The second-order valence-corrected chi connectivity index (χ2v) is 5.48. The molecule has 2 aromatic carbocycles. The topological polar surface area (TPSA) is 37.0 Å². The lowest BCUT2D eigenvalue weighted by atomic mass is 10.0. The molecule has 2 N–H and O–H groups in total. The molecule has 114 valence electrons. The molecular weight excluding hydrogens is 302 g/mol. The number of nitrogens with zero attached hydrogens (tertiary/aromatic N) is 1. The van der Waals surface area contributed by atoms with E-state index in [0.717, 1.165) is 22.4 Å². The number of hydrogen-bond acceptors (Lipinski definition) is 2.